The molecule has 0 unspecified atom stereocenters. The minimum Gasteiger partial charge on any atom is -0.490 e. The fraction of sp³-hybridized carbons (Fsp3) is 0.0833. The number of anilines is 1. The Labute approximate surface area is 189 Å². The van der Waals surface area contributed by atoms with Gasteiger partial charge in [-0.15, -0.1) is 0 Å². The van der Waals surface area contributed by atoms with Crippen LogP contribution in [0.25, 0.3) is 0 Å². The van der Waals surface area contributed by atoms with Gasteiger partial charge in [-0.05, 0) is 67.1 Å². The third kappa shape index (κ3) is 6.73. The molecule has 8 nitrogen and oxygen atoms in total. The summed E-state index contributed by atoms with van der Waals surface area (Å²) in [6.45, 7) is 2.11. The SMILES string of the molecule is CCOc1cc(/C=N/NC(=O)C(=O)Nc2ccc(F)cc2)ccc1OC(=O)c1ccccc1. The van der Waals surface area contributed by atoms with E-state index in [1.165, 1.54) is 24.4 Å². The van der Waals surface area contributed by atoms with Gasteiger partial charge in [0.1, 0.15) is 5.82 Å². The Morgan fingerprint density at radius 3 is 2.36 bits per heavy atom. The molecule has 0 radical (unpaired) electrons. The van der Waals surface area contributed by atoms with Crippen LogP contribution in [0.3, 0.4) is 0 Å². The predicted octanol–water partition coefficient (Wildman–Crippen LogP) is 3.53. The van der Waals surface area contributed by atoms with Gasteiger partial charge in [-0.25, -0.2) is 14.6 Å². The topological polar surface area (TPSA) is 106 Å². The molecule has 2 amide bonds. The second-order valence-electron chi connectivity index (χ2n) is 6.55. The second kappa shape index (κ2) is 11.2. The summed E-state index contributed by atoms with van der Waals surface area (Å²) in [5.74, 6) is -2.42. The van der Waals surface area contributed by atoms with E-state index in [0.717, 1.165) is 12.1 Å². The second-order valence-corrected chi connectivity index (χ2v) is 6.55. The molecule has 3 aromatic carbocycles. The predicted molar refractivity (Wildman–Crippen MR) is 120 cm³/mol. The molecule has 0 aliphatic carbocycles. The molecule has 0 saturated heterocycles. The smallest absolute Gasteiger partial charge is 0.343 e. The van der Waals surface area contributed by atoms with Crippen molar-refractivity contribution in [1.29, 1.82) is 0 Å². The number of amides is 2. The molecule has 0 saturated carbocycles. The summed E-state index contributed by atoms with van der Waals surface area (Å²) in [5, 5.41) is 6.07. The van der Waals surface area contributed by atoms with E-state index < -0.39 is 23.6 Å². The first-order chi connectivity index (χ1) is 16.0. The lowest BCUT2D eigenvalue weighted by Gasteiger charge is -2.11. The fourth-order valence-corrected chi connectivity index (χ4v) is 2.63. The Kier molecular flexibility index (Phi) is 7.85. The van der Waals surface area contributed by atoms with Crippen molar-refractivity contribution in [1.82, 2.24) is 5.43 Å². The average molecular weight is 449 g/mol. The molecule has 0 atom stereocenters. The van der Waals surface area contributed by atoms with Crippen LogP contribution >= 0.6 is 0 Å². The molecule has 0 aliphatic rings. The summed E-state index contributed by atoms with van der Waals surface area (Å²) in [6.07, 6.45) is 1.30. The third-order valence-corrected chi connectivity index (χ3v) is 4.17. The van der Waals surface area contributed by atoms with Gasteiger partial charge < -0.3 is 14.8 Å². The van der Waals surface area contributed by atoms with Crippen LogP contribution < -0.4 is 20.2 Å². The van der Waals surface area contributed by atoms with Gasteiger partial charge in [-0.2, -0.15) is 5.10 Å². The van der Waals surface area contributed by atoms with E-state index >= 15 is 0 Å². The number of nitrogens with one attached hydrogen (secondary N) is 2. The van der Waals surface area contributed by atoms with E-state index in [4.69, 9.17) is 9.47 Å². The highest BCUT2D eigenvalue weighted by Crippen LogP contribution is 2.29. The number of hydrogen-bond acceptors (Lipinski definition) is 6. The highest BCUT2D eigenvalue weighted by Gasteiger charge is 2.14. The molecule has 0 spiro atoms. The maximum absolute atomic E-state index is 12.9. The van der Waals surface area contributed by atoms with Crippen LogP contribution in [0.15, 0.2) is 77.9 Å². The molecule has 0 aliphatic heterocycles. The Hall–Kier alpha value is -4.53. The summed E-state index contributed by atoms with van der Waals surface area (Å²) in [4.78, 5) is 36.1. The third-order valence-electron chi connectivity index (χ3n) is 4.17. The number of hydrazone groups is 1. The standard InChI is InChI=1S/C24H20FN3O5/c1-2-32-21-14-16(8-13-20(21)33-24(31)17-6-4-3-5-7-17)15-26-28-23(30)22(29)27-19-11-9-18(25)10-12-19/h3-15H,2H2,1H3,(H,27,29)(H,28,30)/b26-15+. The molecule has 3 rings (SSSR count). The fourth-order valence-electron chi connectivity index (χ4n) is 2.63. The van der Waals surface area contributed by atoms with Crippen LogP contribution in [0, 0.1) is 5.82 Å². The number of rotatable bonds is 7. The van der Waals surface area contributed by atoms with Crippen molar-refractivity contribution in [3.05, 3.63) is 89.7 Å². The van der Waals surface area contributed by atoms with Gasteiger partial charge in [0.25, 0.3) is 0 Å². The molecule has 3 aromatic rings. The number of carbonyl (C=O) groups is 3. The van der Waals surface area contributed by atoms with E-state index in [1.54, 1.807) is 49.4 Å². The summed E-state index contributed by atoms with van der Waals surface area (Å²) >= 11 is 0. The lowest BCUT2D eigenvalue weighted by atomic mass is 10.2. The van der Waals surface area contributed by atoms with Gasteiger partial charge in [-0.3, -0.25) is 9.59 Å². The molecule has 9 heteroatoms. The zero-order valence-electron chi connectivity index (χ0n) is 17.6. The molecule has 0 heterocycles. The maximum Gasteiger partial charge on any atom is 0.343 e. The van der Waals surface area contributed by atoms with Gasteiger partial charge in [0, 0.05) is 5.69 Å². The highest BCUT2D eigenvalue weighted by molar-refractivity contribution is 6.39. The molecule has 0 aromatic heterocycles. The van der Waals surface area contributed by atoms with Crippen LogP contribution in [0.1, 0.15) is 22.8 Å². The Bertz CT molecular complexity index is 1160. The van der Waals surface area contributed by atoms with Crippen LogP contribution in [-0.4, -0.2) is 30.6 Å². The van der Waals surface area contributed by atoms with Crippen molar-refractivity contribution in [3.63, 3.8) is 0 Å². The van der Waals surface area contributed by atoms with Gasteiger partial charge in [-0.1, -0.05) is 18.2 Å². The first kappa shape index (κ1) is 23.1. The largest absolute Gasteiger partial charge is 0.490 e. The molecule has 0 bridgehead atoms. The van der Waals surface area contributed by atoms with E-state index in [9.17, 15) is 18.8 Å². The number of ether oxygens (including phenoxy) is 2. The summed E-state index contributed by atoms with van der Waals surface area (Å²) in [7, 11) is 0. The van der Waals surface area contributed by atoms with E-state index in [0.29, 0.717) is 23.5 Å². The van der Waals surface area contributed by atoms with Crippen molar-refractivity contribution < 1.29 is 28.2 Å². The first-order valence-electron chi connectivity index (χ1n) is 9.90. The quantitative estimate of drug-likeness (QED) is 0.189. The van der Waals surface area contributed by atoms with Crippen LogP contribution in [-0.2, 0) is 9.59 Å². The zero-order chi connectivity index (χ0) is 23.6. The summed E-state index contributed by atoms with van der Waals surface area (Å²) in [5.41, 5.74) is 3.29. The van der Waals surface area contributed by atoms with Crippen molar-refractivity contribution in [3.8, 4) is 11.5 Å². The van der Waals surface area contributed by atoms with Gasteiger partial charge in [0.05, 0.1) is 18.4 Å². The van der Waals surface area contributed by atoms with E-state index in [2.05, 4.69) is 15.8 Å². The minimum absolute atomic E-state index is 0.227. The van der Waals surface area contributed by atoms with Gasteiger partial charge in [0.2, 0.25) is 0 Å². The minimum atomic E-state index is -1.01. The van der Waals surface area contributed by atoms with Crippen molar-refractivity contribution in [2.75, 3.05) is 11.9 Å². The molecule has 2 N–H and O–H groups in total. The number of benzene rings is 3. The van der Waals surface area contributed by atoms with E-state index in [1.807, 2.05) is 0 Å². The van der Waals surface area contributed by atoms with Gasteiger partial charge in [0.15, 0.2) is 11.5 Å². The van der Waals surface area contributed by atoms with Crippen molar-refractivity contribution in [2.45, 2.75) is 6.92 Å². The Balaban J connectivity index is 1.62. The number of carbonyl (C=O) groups excluding carboxylic acids is 3. The van der Waals surface area contributed by atoms with Crippen molar-refractivity contribution >= 4 is 29.7 Å². The zero-order valence-corrected chi connectivity index (χ0v) is 17.6. The lowest BCUT2D eigenvalue weighted by Crippen LogP contribution is -2.32. The molecular formula is C24H20FN3O5. The molecule has 0 fully saturated rings. The monoisotopic (exact) mass is 449 g/mol. The molecule has 168 valence electrons. The first-order valence-corrected chi connectivity index (χ1v) is 9.90. The molecule has 33 heavy (non-hydrogen) atoms. The van der Waals surface area contributed by atoms with Crippen LogP contribution in [0.4, 0.5) is 10.1 Å². The number of nitrogens with zero attached hydrogens (tertiary/aromatic N) is 1. The van der Waals surface area contributed by atoms with Crippen LogP contribution in [0.2, 0.25) is 0 Å². The molecular weight excluding hydrogens is 429 g/mol. The Morgan fingerprint density at radius 2 is 1.67 bits per heavy atom. The summed E-state index contributed by atoms with van der Waals surface area (Å²) in [6, 6.07) is 18.2. The average Bonchev–Trinajstić information content (AvgIpc) is 2.82. The van der Waals surface area contributed by atoms with E-state index in [-0.39, 0.29) is 11.4 Å². The highest BCUT2D eigenvalue weighted by atomic mass is 19.1. The number of hydrogen-bond donors (Lipinski definition) is 2. The van der Waals surface area contributed by atoms with Crippen LogP contribution in [0.5, 0.6) is 11.5 Å². The number of esters is 1. The van der Waals surface area contributed by atoms with Gasteiger partial charge >= 0.3 is 17.8 Å². The normalized spacial score (nSPS) is 10.5. The lowest BCUT2D eigenvalue weighted by molar-refractivity contribution is -0.136. The summed E-state index contributed by atoms with van der Waals surface area (Å²) < 4.78 is 23.9. The Morgan fingerprint density at radius 1 is 0.939 bits per heavy atom. The number of halogens is 1. The van der Waals surface area contributed by atoms with Crippen molar-refractivity contribution in [2.24, 2.45) is 5.10 Å². The maximum atomic E-state index is 12.9.